The number of thioether (sulfide) groups is 1. The molecule has 0 aliphatic heterocycles. The van der Waals surface area contributed by atoms with E-state index in [-0.39, 0.29) is 17.3 Å². The van der Waals surface area contributed by atoms with Gasteiger partial charge in [-0.2, -0.15) is 0 Å². The molecular formula is C19H20N2O4S. The summed E-state index contributed by atoms with van der Waals surface area (Å²) < 4.78 is 5.18. The van der Waals surface area contributed by atoms with Gasteiger partial charge in [0.15, 0.2) is 0 Å². The van der Waals surface area contributed by atoms with Crippen LogP contribution in [0, 0.1) is 16.0 Å². The Morgan fingerprint density at radius 2 is 1.96 bits per heavy atom. The summed E-state index contributed by atoms with van der Waals surface area (Å²) in [6.45, 7) is 0. The zero-order valence-corrected chi connectivity index (χ0v) is 15.4. The highest BCUT2D eigenvalue weighted by Crippen LogP contribution is 2.41. The van der Waals surface area contributed by atoms with Crippen molar-refractivity contribution in [3.05, 3.63) is 63.7 Å². The van der Waals surface area contributed by atoms with E-state index in [9.17, 15) is 14.9 Å². The Labute approximate surface area is 156 Å². The molecule has 1 N–H and O–H groups in total. The number of nitrogens with one attached hydrogen (secondary N) is 1. The van der Waals surface area contributed by atoms with Crippen LogP contribution in [0.3, 0.4) is 0 Å². The van der Waals surface area contributed by atoms with Crippen LogP contribution >= 0.6 is 11.8 Å². The summed E-state index contributed by atoms with van der Waals surface area (Å²) >= 11 is 1.44. The average Bonchev–Trinajstić information content (AvgIpc) is 3.50. The molecule has 0 spiro atoms. The van der Waals surface area contributed by atoms with Crippen molar-refractivity contribution in [2.45, 2.75) is 23.8 Å². The van der Waals surface area contributed by atoms with E-state index < -0.39 is 10.8 Å². The fourth-order valence-electron chi connectivity index (χ4n) is 2.92. The summed E-state index contributed by atoms with van der Waals surface area (Å²) in [6.07, 6.45) is 3.93. The van der Waals surface area contributed by atoms with Crippen LogP contribution in [-0.2, 0) is 0 Å². The second-order valence-corrected chi connectivity index (χ2v) is 7.08. The van der Waals surface area contributed by atoms with E-state index in [0.717, 1.165) is 29.1 Å². The number of carbonyl (C=O) groups is 1. The average molecular weight is 372 g/mol. The van der Waals surface area contributed by atoms with Gasteiger partial charge in [0.2, 0.25) is 0 Å². The fourth-order valence-corrected chi connectivity index (χ4v) is 3.36. The predicted octanol–water partition coefficient (Wildman–Crippen LogP) is 4.21. The Morgan fingerprint density at radius 1 is 1.27 bits per heavy atom. The van der Waals surface area contributed by atoms with Gasteiger partial charge in [-0.1, -0.05) is 12.1 Å². The monoisotopic (exact) mass is 372 g/mol. The summed E-state index contributed by atoms with van der Waals surface area (Å²) in [5.74, 6) is 0.688. The summed E-state index contributed by atoms with van der Waals surface area (Å²) in [7, 11) is 1.60. The summed E-state index contributed by atoms with van der Waals surface area (Å²) in [5.41, 5.74) is 0.899. The number of nitrogens with zero attached hydrogens (tertiary/aromatic N) is 1. The largest absolute Gasteiger partial charge is 0.497 e. The minimum absolute atomic E-state index is 0.0982. The highest BCUT2D eigenvalue weighted by atomic mass is 32.2. The molecule has 2 aromatic carbocycles. The molecule has 1 amide bonds. The molecule has 0 aromatic heterocycles. The molecule has 1 saturated carbocycles. The van der Waals surface area contributed by atoms with Gasteiger partial charge in [-0.15, -0.1) is 11.8 Å². The first kappa shape index (κ1) is 18.3. The summed E-state index contributed by atoms with van der Waals surface area (Å²) in [6, 6.07) is 12.0. The van der Waals surface area contributed by atoms with E-state index in [0.29, 0.717) is 5.92 Å². The van der Waals surface area contributed by atoms with Crippen molar-refractivity contribution in [1.82, 2.24) is 5.32 Å². The molecule has 1 aliphatic rings. The zero-order chi connectivity index (χ0) is 18.7. The molecule has 3 rings (SSSR count). The van der Waals surface area contributed by atoms with Crippen LogP contribution in [0.2, 0.25) is 0 Å². The number of nitro groups is 1. The van der Waals surface area contributed by atoms with E-state index in [4.69, 9.17) is 4.74 Å². The molecule has 0 saturated heterocycles. The van der Waals surface area contributed by atoms with Crippen LogP contribution in [0.25, 0.3) is 0 Å². The van der Waals surface area contributed by atoms with E-state index in [1.54, 1.807) is 19.2 Å². The molecule has 6 nitrogen and oxygen atoms in total. The summed E-state index contributed by atoms with van der Waals surface area (Å²) in [5, 5.41) is 14.3. The first-order valence-electron chi connectivity index (χ1n) is 8.30. The van der Waals surface area contributed by atoms with Crippen LogP contribution < -0.4 is 10.1 Å². The van der Waals surface area contributed by atoms with Crippen LogP contribution in [0.5, 0.6) is 5.75 Å². The minimum atomic E-state index is -0.515. The third kappa shape index (κ3) is 3.99. The van der Waals surface area contributed by atoms with Gasteiger partial charge >= 0.3 is 0 Å². The molecule has 2 aromatic rings. The Hall–Kier alpha value is -2.54. The lowest BCUT2D eigenvalue weighted by Crippen LogP contribution is -2.30. The second kappa shape index (κ2) is 7.78. The molecule has 7 heteroatoms. The highest BCUT2D eigenvalue weighted by Gasteiger charge is 2.34. The van der Waals surface area contributed by atoms with Crippen LogP contribution in [0.15, 0.2) is 47.4 Å². The molecule has 1 aliphatic carbocycles. The van der Waals surface area contributed by atoms with Gasteiger partial charge in [0.05, 0.1) is 18.1 Å². The quantitative estimate of drug-likeness (QED) is 0.447. The maximum absolute atomic E-state index is 12.8. The lowest BCUT2D eigenvalue weighted by molar-refractivity contribution is -0.385. The van der Waals surface area contributed by atoms with Crippen molar-refractivity contribution < 1.29 is 14.5 Å². The van der Waals surface area contributed by atoms with E-state index in [2.05, 4.69) is 5.32 Å². The number of ether oxygens (including phenoxy) is 1. The molecular weight excluding hydrogens is 352 g/mol. The first-order chi connectivity index (χ1) is 12.5. The lowest BCUT2D eigenvalue weighted by atomic mass is 10.0. The zero-order valence-electron chi connectivity index (χ0n) is 14.6. The van der Waals surface area contributed by atoms with E-state index in [1.165, 1.54) is 17.8 Å². The molecule has 1 atom stereocenters. The number of carbonyl (C=O) groups excluding carboxylic acids is 1. The van der Waals surface area contributed by atoms with Gasteiger partial charge < -0.3 is 10.1 Å². The number of rotatable bonds is 7. The van der Waals surface area contributed by atoms with Crippen molar-refractivity contribution in [1.29, 1.82) is 0 Å². The van der Waals surface area contributed by atoms with Crippen LogP contribution in [0.4, 0.5) is 5.69 Å². The Morgan fingerprint density at radius 3 is 2.50 bits per heavy atom. The Bertz CT molecular complexity index is 819. The van der Waals surface area contributed by atoms with Crippen molar-refractivity contribution in [3.8, 4) is 5.75 Å². The number of amides is 1. The maximum Gasteiger partial charge on any atom is 0.282 e. The molecule has 136 valence electrons. The van der Waals surface area contributed by atoms with Gasteiger partial charge in [-0.3, -0.25) is 14.9 Å². The van der Waals surface area contributed by atoms with Crippen molar-refractivity contribution in [2.24, 2.45) is 5.92 Å². The molecule has 1 unspecified atom stereocenters. The molecule has 1 fully saturated rings. The SMILES string of the molecule is COc1ccc(C(NC(=O)c2cc(SC)ccc2[N+](=O)[O-])C2CC2)cc1. The number of hydrogen-bond acceptors (Lipinski definition) is 5. The molecule has 0 radical (unpaired) electrons. The van der Waals surface area contributed by atoms with Crippen LogP contribution in [-0.4, -0.2) is 24.2 Å². The number of nitro benzene ring substituents is 1. The van der Waals surface area contributed by atoms with Crippen LogP contribution in [0.1, 0.15) is 34.8 Å². The lowest BCUT2D eigenvalue weighted by Gasteiger charge is -2.19. The molecule has 26 heavy (non-hydrogen) atoms. The fraction of sp³-hybridized carbons (Fsp3) is 0.316. The Kier molecular flexibility index (Phi) is 5.46. The van der Waals surface area contributed by atoms with Gasteiger partial charge in [-0.05, 0) is 54.8 Å². The van der Waals surface area contributed by atoms with Gasteiger partial charge in [0.1, 0.15) is 11.3 Å². The van der Waals surface area contributed by atoms with E-state index >= 15 is 0 Å². The van der Waals surface area contributed by atoms with Gasteiger partial charge in [0.25, 0.3) is 11.6 Å². The van der Waals surface area contributed by atoms with Crippen molar-refractivity contribution in [2.75, 3.05) is 13.4 Å². The highest BCUT2D eigenvalue weighted by molar-refractivity contribution is 7.98. The van der Waals surface area contributed by atoms with Gasteiger partial charge in [0, 0.05) is 11.0 Å². The third-order valence-electron chi connectivity index (χ3n) is 4.50. The number of benzene rings is 2. The second-order valence-electron chi connectivity index (χ2n) is 6.20. The minimum Gasteiger partial charge on any atom is -0.497 e. The maximum atomic E-state index is 12.8. The smallest absolute Gasteiger partial charge is 0.282 e. The molecule has 0 bridgehead atoms. The van der Waals surface area contributed by atoms with E-state index in [1.807, 2.05) is 30.5 Å². The third-order valence-corrected chi connectivity index (χ3v) is 5.23. The normalized spacial score (nSPS) is 14.5. The number of methoxy groups -OCH3 is 1. The summed E-state index contributed by atoms with van der Waals surface area (Å²) in [4.78, 5) is 24.4. The molecule has 0 heterocycles. The number of hydrogen-bond donors (Lipinski definition) is 1. The van der Waals surface area contributed by atoms with Gasteiger partial charge in [-0.25, -0.2) is 0 Å². The Balaban J connectivity index is 1.87. The first-order valence-corrected chi connectivity index (χ1v) is 9.53. The topological polar surface area (TPSA) is 81.5 Å². The predicted molar refractivity (Wildman–Crippen MR) is 101 cm³/mol. The standard InChI is InChI=1S/C19H20N2O4S/c1-25-14-7-5-13(6-8-14)18(12-3-4-12)20-19(22)16-11-15(26-2)9-10-17(16)21(23)24/h5-12,18H,3-4H2,1-2H3,(H,20,22). The van der Waals surface area contributed by atoms with Crippen molar-refractivity contribution >= 4 is 23.4 Å². The van der Waals surface area contributed by atoms with Crippen molar-refractivity contribution in [3.63, 3.8) is 0 Å².